The maximum Gasteiger partial charge on any atom is 0.317 e. The van der Waals surface area contributed by atoms with Gasteiger partial charge in [0.1, 0.15) is 0 Å². The smallest absolute Gasteiger partial charge is 0.317 e. The third kappa shape index (κ3) is 2.66. The van der Waals surface area contributed by atoms with E-state index >= 15 is 0 Å². The molecule has 0 saturated carbocycles. The summed E-state index contributed by atoms with van der Waals surface area (Å²) in [6.45, 7) is 1.94. The molecular formula is C11H12F3N3O. The fourth-order valence-corrected chi connectivity index (χ4v) is 1.72. The summed E-state index contributed by atoms with van der Waals surface area (Å²) in [5, 5.41) is 5.37. The average molecular weight is 259 g/mol. The Kier molecular flexibility index (Phi) is 3.59. The molecule has 2 N–H and O–H groups in total. The van der Waals surface area contributed by atoms with Crippen LogP contribution >= 0.6 is 0 Å². The van der Waals surface area contributed by atoms with Gasteiger partial charge in [-0.1, -0.05) is 0 Å². The summed E-state index contributed by atoms with van der Waals surface area (Å²) in [6.07, 6.45) is 0. The van der Waals surface area contributed by atoms with Gasteiger partial charge in [-0.3, -0.25) is 0 Å². The second-order valence-electron chi connectivity index (χ2n) is 3.90. The van der Waals surface area contributed by atoms with Crippen molar-refractivity contribution in [3.8, 4) is 0 Å². The van der Waals surface area contributed by atoms with Crippen LogP contribution in [0.5, 0.6) is 0 Å². The third-order valence-electron chi connectivity index (χ3n) is 2.64. The number of rotatable bonds is 4. The molecule has 18 heavy (non-hydrogen) atoms. The fourth-order valence-electron chi connectivity index (χ4n) is 1.72. The summed E-state index contributed by atoms with van der Waals surface area (Å²) in [4.78, 5) is 12.8. The van der Waals surface area contributed by atoms with Gasteiger partial charge < -0.3 is 15.5 Å². The summed E-state index contributed by atoms with van der Waals surface area (Å²) in [5.41, 5.74) is 0.144. The molecule has 2 amide bonds. The van der Waals surface area contributed by atoms with Crippen LogP contribution in [-0.4, -0.2) is 37.1 Å². The van der Waals surface area contributed by atoms with Crippen LogP contribution in [0, 0.1) is 17.5 Å². The Morgan fingerprint density at radius 3 is 2.50 bits per heavy atom. The van der Waals surface area contributed by atoms with E-state index in [9.17, 15) is 18.0 Å². The van der Waals surface area contributed by atoms with Gasteiger partial charge in [-0.15, -0.1) is 0 Å². The number of benzene rings is 1. The second kappa shape index (κ2) is 5.16. The molecule has 1 aromatic carbocycles. The number of hydrogen-bond acceptors (Lipinski definition) is 2. The Morgan fingerprint density at radius 2 is 1.94 bits per heavy atom. The van der Waals surface area contributed by atoms with Crippen LogP contribution < -0.4 is 10.6 Å². The molecule has 0 aromatic heterocycles. The number of hydrogen-bond donors (Lipinski definition) is 2. The van der Waals surface area contributed by atoms with Gasteiger partial charge in [0.25, 0.3) is 0 Å². The van der Waals surface area contributed by atoms with E-state index in [1.54, 1.807) is 4.90 Å². The van der Waals surface area contributed by atoms with Crippen LogP contribution in [0.25, 0.3) is 0 Å². The van der Waals surface area contributed by atoms with Gasteiger partial charge in [0.2, 0.25) is 0 Å². The van der Waals surface area contributed by atoms with Crippen molar-refractivity contribution in [3.05, 3.63) is 29.6 Å². The van der Waals surface area contributed by atoms with Gasteiger partial charge in [0.15, 0.2) is 17.5 Å². The molecule has 1 saturated heterocycles. The highest BCUT2D eigenvalue weighted by Gasteiger charge is 2.18. The molecule has 1 heterocycles. The van der Waals surface area contributed by atoms with Crippen LogP contribution in [0.3, 0.4) is 0 Å². The number of nitrogens with one attached hydrogen (secondary N) is 2. The first-order valence-corrected chi connectivity index (χ1v) is 5.49. The molecule has 1 aliphatic rings. The molecule has 1 aromatic rings. The monoisotopic (exact) mass is 259 g/mol. The predicted octanol–water partition coefficient (Wildman–Crippen LogP) is 1.54. The Balaban J connectivity index is 1.88. The van der Waals surface area contributed by atoms with E-state index in [1.807, 2.05) is 0 Å². The minimum atomic E-state index is -1.49. The van der Waals surface area contributed by atoms with E-state index < -0.39 is 17.5 Å². The lowest BCUT2D eigenvalue weighted by atomic mass is 10.3. The summed E-state index contributed by atoms with van der Waals surface area (Å²) < 4.78 is 38.5. The molecule has 0 atom stereocenters. The van der Waals surface area contributed by atoms with E-state index in [2.05, 4.69) is 10.6 Å². The van der Waals surface area contributed by atoms with Crippen molar-refractivity contribution >= 4 is 11.7 Å². The van der Waals surface area contributed by atoms with Crippen LogP contribution in [-0.2, 0) is 0 Å². The van der Waals surface area contributed by atoms with E-state index in [0.717, 1.165) is 12.1 Å². The van der Waals surface area contributed by atoms with E-state index in [4.69, 9.17) is 0 Å². The van der Waals surface area contributed by atoms with Crippen molar-refractivity contribution in [3.63, 3.8) is 0 Å². The lowest BCUT2D eigenvalue weighted by Gasteiger charge is -2.15. The Bertz CT molecular complexity index is 444. The zero-order valence-electron chi connectivity index (χ0n) is 9.47. The van der Waals surface area contributed by atoms with Crippen LogP contribution in [0.4, 0.5) is 23.7 Å². The first kappa shape index (κ1) is 12.5. The molecule has 98 valence electrons. The van der Waals surface area contributed by atoms with Gasteiger partial charge in [-0.2, -0.15) is 0 Å². The SMILES string of the molecule is O=C1NCCN1CCNc1cc(F)c(F)c(F)c1. The fraction of sp³-hybridized carbons (Fsp3) is 0.364. The number of nitrogens with zero attached hydrogens (tertiary/aromatic N) is 1. The molecule has 4 nitrogen and oxygen atoms in total. The summed E-state index contributed by atoms with van der Waals surface area (Å²) >= 11 is 0. The summed E-state index contributed by atoms with van der Waals surface area (Å²) in [5.74, 6) is -3.97. The molecule has 0 aliphatic carbocycles. The quantitative estimate of drug-likeness (QED) is 0.806. The average Bonchev–Trinajstić information content (AvgIpc) is 2.72. The topological polar surface area (TPSA) is 44.4 Å². The number of urea groups is 1. The molecule has 1 fully saturated rings. The normalized spacial score (nSPS) is 14.8. The highest BCUT2D eigenvalue weighted by Crippen LogP contribution is 2.17. The largest absolute Gasteiger partial charge is 0.383 e. The first-order valence-electron chi connectivity index (χ1n) is 5.49. The maximum absolute atomic E-state index is 12.9. The molecule has 0 radical (unpaired) electrons. The Hall–Kier alpha value is -1.92. The Morgan fingerprint density at radius 1 is 1.28 bits per heavy atom. The Labute approximate surface area is 102 Å². The van der Waals surface area contributed by atoms with Crippen LogP contribution in [0.2, 0.25) is 0 Å². The van der Waals surface area contributed by atoms with Gasteiger partial charge >= 0.3 is 6.03 Å². The zero-order chi connectivity index (χ0) is 13.1. The highest BCUT2D eigenvalue weighted by molar-refractivity contribution is 5.76. The zero-order valence-corrected chi connectivity index (χ0v) is 9.47. The first-order chi connectivity index (χ1) is 8.58. The van der Waals surface area contributed by atoms with E-state index in [-0.39, 0.29) is 11.7 Å². The molecule has 7 heteroatoms. The number of carbonyl (C=O) groups is 1. The lowest BCUT2D eigenvalue weighted by Crippen LogP contribution is -2.32. The summed E-state index contributed by atoms with van der Waals surface area (Å²) in [6, 6.07) is 1.60. The van der Waals surface area contributed by atoms with Gasteiger partial charge in [0, 0.05) is 44.0 Å². The minimum Gasteiger partial charge on any atom is -0.383 e. The van der Waals surface area contributed by atoms with Gasteiger partial charge in [-0.05, 0) is 0 Å². The molecule has 0 spiro atoms. The van der Waals surface area contributed by atoms with Crippen LogP contribution in [0.1, 0.15) is 0 Å². The van der Waals surface area contributed by atoms with Crippen molar-refractivity contribution in [2.75, 3.05) is 31.5 Å². The number of amides is 2. The lowest BCUT2D eigenvalue weighted by molar-refractivity contribution is 0.219. The molecular weight excluding hydrogens is 247 g/mol. The molecule has 0 bridgehead atoms. The van der Waals surface area contributed by atoms with Crippen molar-refractivity contribution in [2.45, 2.75) is 0 Å². The summed E-state index contributed by atoms with van der Waals surface area (Å²) in [7, 11) is 0. The second-order valence-corrected chi connectivity index (χ2v) is 3.90. The van der Waals surface area contributed by atoms with Gasteiger partial charge in [0.05, 0.1) is 0 Å². The molecule has 0 unspecified atom stereocenters. The molecule has 1 aliphatic heterocycles. The maximum atomic E-state index is 12.9. The van der Waals surface area contributed by atoms with Crippen LogP contribution in [0.15, 0.2) is 12.1 Å². The van der Waals surface area contributed by atoms with Crippen molar-refractivity contribution in [2.24, 2.45) is 0 Å². The highest BCUT2D eigenvalue weighted by atomic mass is 19.2. The number of halogens is 3. The van der Waals surface area contributed by atoms with Crippen molar-refractivity contribution in [1.82, 2.24) is 10.2 Å². The standard InChI is InChI=1S/C11H12F3N3O/c12-8-5-7(6-9(13)10(8)14)15-1-3-17-4-2-16-11(17)18/h5-6,15H,1-4H2,(H,16,18). The number of carbonyl (C=O) groups excluding carboxylic acids is 1. The van der Waals surface area contributed by atoms with Gasteiger partial charge in [-0.25, -0.2) is 18.0 Å². The van der Waals surface area contributed by atoms with Crippen molar-refractivity contribution in [1.29, 1.82) is 0 Å². The third-order valence-corrected chi connectivity index (χ3v) is 2.64. The van der Waals surface area contributed by atoms with E-state index in [1.165, 1.54) is 0 Å². The van der Waals surface area contributed by atoms with E-state index in [0.29, 0.717) is 26.2 Å². The molecule has 2 rings (SSSR count). The van der Waals surface area contributed by atoms with Crippen molar-refractivity contribution < 1.29 is 18.0 Å². The minimum absolute atomic E-state index is 0.144. The predicted molar refractivity (Wildman–Crippen MR) is 59.8 cm³/mol. The number of anilines is 1.